The molecule has 0 aliphatic rings. The zero-order chi connectivity index (χ0) is 11.4. The molecule has 1 aromatic rings. The Labute approximate surface area is 98.5 Å². The molecular weight excluding hydrogens is 315 g/mol. The summed E-state index contributed by atoms with van der Waals surface area (Å²) < 4.78 is 25.4. The van der Waals surface area contributed by atoms with Gasteiger partial charge in [-0.25, -0.2) is 13.8 Å². The summed E-state index contributed by atoms with van der Waals surface area (Å²) in [6, 6.07) is 4.97. The van der Waals surface area contributed by atoms with Crippen LogP contribution in [0.15, 0.2) is 6.07 Å². The van der Waals surface area contributed by atoms with Crippen LogP contribution in [0.4, 0.5) is 8.78 Å². The lowest BCUT2D eigenvalue weighted by molar-refractivity contribution is 0.145. The molecule has 1 heterocycles. The second-order valence-electron chi connectivity index (χ2n) is 2.60. The van der Waals surface area contributed by atoms with Gasteiger partial charge in [0.05, 0.1) is 23.7 Å². The molecule has 0 saturated carbocycles. The minimum atomic E-state index is -2.80. The largest absolute Gasteiger partial charge is 0.281 e. The highest BCUT2D eigenvalue weighted by Gasteiger charge is 2.18. The predicted octanol–water partition coefficient (Wildman–Crippen LogP) is 2.56. The molecule has 0 amide bonds. The third-order valence-corrected chi connectivity index (χ3v) is 2.48. The van der Waals surface area contributed by atoms with Gasteiger partial charge in [-0.1, -0.05) is 0 Å². The fourth-order valence-electron chi connectivity index (χ4n) is 1.02. The molecule has 1 rings (SSSR count). The molecule has 0 saturated heterocycles. The molecule has 3 nitrogen and oxygen atoms in total. The van der Waals surface area contributed by atoms with Crippen LogP contribution in [-0.2, 0) is 6.42 Å². The van der Waals surface area contributed by atoms with Gasteiger partial charge in [-0.3, -0.25) is 0 Å². The minimum Gasteiger partial charge on any atom is -0.249 e. The summed E-state index contributed by atoms with van der Waals surface area (Å²) in [6.07, 6.45) is -2.84. The van der Waals surface area contributed by atoms with E-state index < -0.39 is 12.1 Å². The lowest BCUT2D eigenvalue weighted by Crippen LogP contribution is -2.02. The standard InChI is InChI=1S/C9H4F2IN3/c10-9(11)8-6(4-14)7(12)3-5(15-8)1-2-13/h3,9H,1H2. The summed E-state index contributed by atoms with van der Waals surface area (Å²) >= 11 is 1.78. The molecule has 0 atom stereocenters. The second kappa shape index (κ2) is 4.99. The van der Waals surface area contributed by atoms with Crippen LogP contribution in [0.1, 0.15) is 23.4 Å². The number of hydrogen-bond acceptors (Lipinski definition) is 3. The Morgan fingerprint density at radius 2 is 2.13 bits per heavy atom. The molecule has 1 aromatic heterocycles. The molecule has 0 spiro atoms. The average Bonchev–Trinajstić information content (AvgIpc) is 2.17. The van der Waals surface area contributed by atoms with Crippen molar-refractivity contribution < 1.29 is 8.78 Å². The zero-order valence-electron chi connectivity index (χ0n) is 7.34. The van der Waals surface area contributed by atoms with Crippen LogP contribution in [0.2, 0.25) is 0 Å². The third kappa shape index (κ3) is 2.60. The Bertz CT molecular complexity index is 460. The molecule has 0 N–H and O–H groups in total. The Morgan fingerprint density at radius 3 is 2.60 bits per heavy atom. The van der Waals surface area contributed by atoms with Crippen molar-refractivity contribution in [3.63, 3.8) is 0 Å². The summed E-state index contributed by atoms with van der Waals surface area (Å²) in [4.78, 5) is 3.59. The number of pyridine rings is 1. The Morgan fingerprint density at radius 1 is 1.47 bits per heavy atom. The first-order chi connectivity index (χ1) is 7.10. The van der Waals surface area contributed by atoms with Crippen LogP contribution < -0.4 is 0 Å². The summed E-state index contributed by atoms with van der Waals surface area (Å²) in [5, 5.41) is 17.1. The first-order valence-electron chi connectivity index (χ1n) is 3.84. The van der Waals surface area contributed by atoms with Crippen LogP contribution in [0.3, 0.4) is 0 Å². The number of halogens is 3. The monoisotopic (exact) mass is 319 g/mol. The molecule has 0 radical (unpaired) electrons. The molecule has 15 heavy (non-hydrogen) atoms. The third-order valence-electron chi connectivity index (χ3n) is 1.63. The number of alkyl halides is 2. The first-order valence-corrected chi connectivity index (χ1v) is 4.92. The van der Waals surface area contributed by atoms with Crippen LogP contribution in [0.5, 0.6) is 0 Å². The number of hydrogen-bond donors (Lipinski definition) is 0. The van der Waals surface area contributed by atoms with E-state index in [4.69, 9.17) is 10.5 Å². The van der Waals surface area contributed by atoms with Gasteiger partial charge in [-0.15, -0.1) is 0 Å². The van der Waals surface area contributed by atoms with Crippen LogP contribution >= 0.6 is 22.6 Å². The van der Waals surface area contributed by atoms with Crippen LogP contribution in [-0.4, -0.2) is 4.98 Å². The average molecular weight is 319 g/mol. The maximum atomic E-state index is 12.5. The van der Waals surface area contributed by atoms with Gasteiger partial charge >= 0.3 is 0 Å². The highest BCUT2D eigenvalue weighted by Crippen LogP contribution is 2.25. The van der Waals surface area contributed by atoms with Crippen molar-refractivity contribution in [3.8, 4) is 12.1 Å². The van der Waals surface area contributed by atoms with Crippen molar-refractivity contribution in [1.82, 2.24) is 4.98 Å². The summed E-state index contributed by atoms with van der Waals surface area (Å²) in [5.41, 5.74) is -0.405. The SMILES string of the molecule is N#CCc1cc(I)c(C#N)c(C(F)F)n1. The van der Waals surface area contributed by atoms with Crippen molar-refractivity contribution in [2.75, 3.05) is 0 Å². The van der Waals surface area contributed by atoms with E-state index in [1.807, 2.05) is 6.07 Å². The minimum absolute atomic E-state index is 0.0402. The molecule has 6 heteroatoms. The fourth-order valence-corrected chi connectivity index (χ4v) is 1.78. The number of rotatable bonds is 2. The maximum Gasteiger partial charge on any atom is 0.281 e. The first kappa shape index (κ1) is 11.8. The number of nitriles is 2. The highest BCUT2D eigenvalue weighted by molar-refractivity contribution is 14.1. The van der Waals surface area contributed by atoms with Gasteiger partial charge in [0, 0.05) is 3.57 Å². The molecule has 0 bridgehead atoms. The van der Waals surface area contributed by atoms with Gasteiger partial charge in [-0.05, 0) is 28.7 Å². The second-order valence-corrected chi connectivity index (χ2v) is 3.77. The van der Waals surface area contributed by atoms with Gasteiger partial charge in [0.2, 0.25) is 0 Å². The van der Waals surface area contributed by atoms with Gasteiger partial charge in [0.25, 0.3) is 6.43 Å². The quantitative estimate of drug-likeness (QED) is 0.787. The van der Waals surface area contributed by atoms with Gasteiger partial charge in [-0.2, -0.15) is 10.5 Å². The molecule has 0 aliphatic carbocycles. The van der Waals surface area contributed by atoms with Gasteiger partial charge < -0.3 is 0 Å². The van der Waals surface area contributed by atoms with Crippen LogP contribution in [0, 0.1) is 26.2 Å². The highest BCUT2D eigenvalue weighted by atomic mass is 127. The zero-order valence-corrected chi connectivity index (χ0v) is 9.49. The number of nitrogens with zero attached hydrogens (tertiary/aromatic N) is 3. The van der Waals surface area contributed by atoms with E-state index in [2.05, 4.69) is 4.98 Å². The molecule has 0 unspecified atom stereocenters. The van der Waals surface area contributed by atoms with E-state index in [1.54, 1.807) is 28.7 Å². The van der Waals surface area contributed by atoms with E-state index in [0.717, 1.165) is 0 Å². The van der Waals surface area contributed by atoms with E-state index in [0.29, 0.717) is 3.57 Å². The van der Waals surface area contributed by atoms with Crippen molar-refractivity contribution in [3.05, 3.63) is 26.6 Å². The molecule has 76 valence electrons. The van der Waals surface area contributed by atoms with Crippen LogP contribution in [0.25, 0.3) is 0 Å². The molecule has 0 fully saturated rings. The fraction of sp³-hybridized carbons (Fsp3) is 0.222. The maximum absolute atomic E-state index is 12.5. The number of aromatic nitrogens is 1. The van der Waals surface area contributed by atoms with E-state index in [9.17, 15) is 8.78 Å². The van der Waals surface area contributed by atoms with Crippen molar-refractivity contribution >= 4 is 22.6 Å². The lowest BCUT2D eigenvalue weighted by atomic mass is 10.1. The lowest BCUT2D eigenvalue weighted by Gasteiger charge is -2.05. The van der Waals surface area contributed by atoms with E-state index in [-0.39, 0.29) is 17.7 Å². The van der Waals surface area contributed by atoms with E-state index in [1.165, 1.54) is 6.07 Å². The predicted molar refractivity (Wildman–Crippen MR) is 55.9 cm³/mol. The van der Waals surface area contributed by atoms with Crippen molar-refractivity contribution in [2.24, 2.45) is 0 Å². The molecule has 0 aromatic carbocycles. The Hall–Kier alpha value is -1.28. The smallest absolute Gasteiger partial charge is 0.249 e. The molecule has 0 aliphatic heterocycles. The topological polar surface area (TPSA) is 60.5 Å². The summed E-state index contributed by atoms with van der Waals surface area (Å²) in [7, 11) is 0. The van der Waals surface area contributed by atoms with Crippen molar-refractivity contribution in [1.29, 1.82) is 10.5 Å². The van der Waals surface area contributed by atoms with Gasteiger partial charge in [0.1, 0.15) is 11.8 Å². The summed E-state index contributed by atoms with van der Waals surface area (Å²) in [6.45, 7) is 0. The van der Waals surface area contributed by atoms with Crippen molar-refractivity contribution in [2.45, 2.75) is 12.8 Å². The normalized spacial score (nSPS) is 9.73. The Balaban J connectivity index is 3.35. The summed E-state index contributed by atoms with van der Waals surface area (Å²) in [5.74, 6) is 0. The van der Waals surface area contributed by atoms with E-state index >= 15 is 0 Å². The molecular formula is C9H4F2IN3. The van der Waals surface area contributed by atoms with Gasteiger partial charge in [0.15, 0.2) is 0 Å². The Kier molecular flexibility index (Phi) is 3.92.